The van der Waals surface area contributed by atoms with Crippen molar-refractivity contribution in [3.63, 3.8) is 0 Å². The van der Waals surface area contributed by atoms with Gasteiger partial charge in [-0.3, -0.25) is 23.5 Å². The zero-order chi connectivity index (χ0) is 26.6. The monoisotopic (exact) mass is 524 g/mol. The normalized spacial score (nSPS) is 19.8. The van der Waals surface area contributed by atoms with Crippen molar-refractivity contribution in [1.29, 1.82) is 0 Å². The molecule has 1 atom stereocenters. The van der Waals surface area contributed by atoms with Crippen molar-refractivity contribution in [2.75, 3.05) is 56.7 Å². The van der Waals surface area contributed by atoms with Gasteiger partial charge in [-0.1, -0.05) is 25.7 Å². The molecule has 0 bridgehead atoms. The van der Waals surface area contributed by atoms with Gasteiger partial charge in [0.2, 0.25) is 0 Å². The fourth-order valence-electron chi connectivity index (χ4n) is 5.02. The first kappa shape index (κ1) is 26.5. The minimum atomic E-state index is -0.358. The van der Waals surface area contributed by atoms with Gasteiger partial charge in [0, 0.05) is 51.0 Å². The van der Waals surface area contributed by atoms with E-state index in [0.717, 1.165) is 57.5 Å². The molecule has 206 valence electrons. The summed E-state index contributed by atoms with van der Waals surface area (Å²) in [5.74, 6) is 7.09. The SMILES string of the molecule is CCCn1c2c(c(=O)n(CCC)c1=O)N(COC1CC1)C(c1cnn(CC#CCN3CCN(C)CC3)c1)N2. The molecule has 1 N–H and O–H groups in total. The van der Waals surface area contributed by atoms with Crippen molar-refractivity contribution in [3.05, 3.63) is 38.8 Å². The topological polar surface area (TPSA) is 92.8 Å². The van der Waals surface area contributed by atoms with Crippen LogP contribution < -0.4 is 21.5 Å². The second-order valence-electron chi connectivity index (χ2n) is 10.5. The van der Waals surface area contributed by atoms with Gasteiger partial charge in [0.25, 0.3) is 5.56 Å². The molecule has 2 aliphatic heterocycles. The minimum Gasteiger partial charge on any atom is -0.358 e. The van der Waals surface area contributed by atoms with Crippen molar-refractivity contribution in [2.24, 2.45) is 0 Å². The minimum absolute atomic E-state index is 0.234. The van der Waals surface area contributed by atoms with E-state index in [2.05, 4.69) is 39.1 Å². The Kier molecular flexibility index (Phi) is 8.21. The molecule has 0 radical (unpaired) electrons. The molecule has 3 aliphatic rings. The number of nitrogens with zero attached hydrogens (tertiary/aromatic N) is 7. The van der Waals surface area contributed by atoms with Gasteiger partial charge < -0.3 is 19.9 Å². The summed E-state index contributed by atoms with van der Waals surface area (Å²) in [6.45, 7) is 10.7. The Hall–Kier alpha value is -3.07. The first-order valence-electron chi connectivity index (χ1n) is 13.9. The van der Waals surface area contributed by atoms with Gasteiger partial charge in [-0.05, 0) is 32.7 Å². The molecular weight excluding hydrogens is 484 g/mol. The van der Waals surface area contributed by atoms with Crippen LogP contribution in [0, 0.1) is 11.8 Å². The molecule has 38 heavy (non-hydrogen) atoms. The molecule has 1 saturated heterocycles. The molecule has 1 unspecified atom stereocenters. The number of fused-ring (bicyclic) bond motifs is 1. The van der Waals surface area contributed by atoms with E-state index in [9.17, 15) is 9.59 Å². The standard InChI is InChI=1S/C27H40N8O3/c1-4-10-33-25-23(26(36)34(11-5-2)27(33)37)35(20-38-22-8-9-22)24(29-25)21-18-28-32(19-21)13-7-6-12-31-16-14-30(3)15-17-31/h18-19,22,24,29H,4-5,8-17,20H2,1-3H3. The van der Waals surface area contributed by atoms with Gasteiger partial charge in [0.15, 0.2) is 0 Å². The van der Waals surface area contributed by atoms with Crippen LogP contribution in [0.3, 0.4) is 0 Å². The predicted octanol–water partition coefficient (Wildman–Crippen LogP) is 1.34. The average Bonchev–Trinajstić information content (AvgIpc) is 3.49. The van der Waals surface area contributed by atoms with Gasteiger partial charge in [-0.25, -0.2) is 4.79 Å². The number of hydrogen-bond donors (Lipinski definition) is 1. The largest absolute Gasteiger partial charge is 0.358 e. The van der Waals surface area contributed by atoms with Crippen molar-refractivity contribution in [3.8, 4) is 11.8 Å². The molecule has 11 heteroatoms. The molecule has 1 aliphatic carbocycles. The molecule has 2 fully saturated rings. The molecule has 11 nitrogen and oxygen atoms in total. The third-order valence-corrected chi connectivity index (χ3v) is 7.38. The van der Waals surface area contributed by atoms with Crippen LogP contribution >= 0.6 is 0 Å². The Bertz CT molecular complexity index is 1290. The quantitative estimate of drug-likeness (QED) is 0.466. The lowest BCUT2D eigenvalue weighted by molar-refractivity contribution is 0.116. The number of likely N-dealkylation sites (N-methyl/N-ethyl adjacent to an activating group) is 1. The van der Waals surface area contributed by atoms with Gasteiger partial charge in [0.1, 0.15) is 30.9 Å². The fraction of sp³-hybridized carbons (Fsp3) is 0.667. The number of hydrogen-bond acceptors (Lipinski definition) is 8. The number of rotatable bonds is 10. The summed E-state index contributed by atoms with van der Waals surface area (Å²) in [7, 11) is 2.15. The number of ether oxygens (including phenoxy) is 1. The first-order chi connectivity index (χ1) is 18.5. The highest BCUT2D eigenvalue weighted by molar-refractivity contribution is 5.72. The summed E-state index contributed by atoms with van der Waals surface area (Å²) in [5, 5.41) is 8.01. The summed E-state index contributed by atoms with van der Waals surface area (Å²) < 4.78 is 11.0. The lowest BCUT2D eigenvalue weighted by Crippen LogP contribution is -2.44. The van der Waals surface area contributed by atoms with Crippen LogP contribution in [0.25, 0.3) is 0 Å². The number of anilines is 2. The van der Waals surface area contributed by atoms with Crippen molar-refractivity contribution in [1.82, 2.24) is 28.7 Å². The predicted molar refractivity (Wildman–Crippen MR) is 147 cm³/mol. The Balaban J connectivity index is 1.37. The van der Waals surface area contributed by atoms with Crippen LogP contribution in [-0.2, 0) is 24.4 Å². The summed E-state index contributed by atoms with van der Waals surface area (Å²) >= 11 is 0. The summed E-state index contributed by atoms with van der Waals surface area (Å²) in [6, 6.07) is 0. The van der Waals surface area contributed by atoms with Gasteiger partial charge >= 0.3 is 5.69 Å². The lowest BCUT2D eigenvalue weighted by Gasteiger charge is -2.30. The molecule has 2 aromatic heterocycles. The first-order valence-corrected chi connectivity index (χ1v) is 13.9. The van der Waals surface area contributed by atoms with Crippen LogP contribution in [0.5, 0.6) is 0 Å². The van der Waals surface area contributed by atoms with Crippen LogP contribution in [0.2, 0.25) is 0 Å². The highest BCUT2D eigenvalue weighted by Crippen LogP contribution is 2.39. The molecule has 1 saturated carbocycles. The van der Waals surface area contributed by atoms with Gasteiger partial charge in [-0.2, -0.15) is 5.10 Å². The van der Waals surface area contributed by atoms with Crippen LogP contribution in [-0.4, -0.2) is 81.3 Å². The maximum atomic E-state index is 13.6. The number of piperazine rings is 1. The Morgan fingerprint density at radius 1 is 1.03 bits per heavy atom. The number of aromatic nitrogens is 4. The average molecular weight is 525 g/mol. The number of nitrogens with one attached hydrogen (secondary N) is 1. The van der Waals surface area contributed by atoms with E-state index in [4.69, 9.17) is 4.74 Å². The highest BCUT2D eigenvalue weighted by atomic mass is 16.5. The molecule has 0 aromatic carbocycles. The third-order valence-electron chi connectivity index (χ3n) is 7.38. The highest BCUT2D eigenvalue weighted by Gasteiger charge is 2.38. The van der Waals surface area contributed by atoms with Crippen LogP contribution in [0.15, 0.2) is 22.0 Å². The molecular formula is C27H40N8O3. The van der Waals surface area contributed by atoms with Gasteiger partial charge in [-0.15, -0.1) is 0 Å². The Labute approximate surface area is 224 Å². The second kappa shape index (κ2) is 11.8. The van der Waals surface area contributed by atoms with E-state index >= 15 is 0 Å². The second-order valence-corrected chi connectivity index (χ2v) is 10.5. The van der Waals surface area contributed by atoms with Crippen LogP contribution in [0.1, 0.15) is 51.3 Å². The Morgan fingerprint density at radius 2 is 1.74 bits per heavy atom. The van der Waals surface area contributed by atoms with Crippen molar-refractivity contribution < 1.29 is 4.74 Å². The molecule has 0 amide bonds. The summed E-state index contributed by atoms with van der Waals surface area (Å²) in [5.41, 5.74) is 0.867. The van der Waals surface area contributed by atoms with Crippen molar-refractivity contribution in [2.45, 2.75) is 71.4 Å². The van der Waals surface area contributed by atoms with Crippen molar-refractivity contribution >= 4 is 11.5 Å². The Morgan fingerprint density at radius 3 is 2.45 bits per heavy atom. The summed E-state index contributed by atoms with van der Waals surface area (Å²) in [6.07, 6.45) is 7.22. The van der Waals surface area contributed by atoms with E-state index in [-0.39, 0.29) is 30.2 Å². The summed E-state index contributed by atoms with van der Waals surface area (Å²) in [4.78, 5) is 33.5. The van der Waals surface area contributed by atoms with Crippen LogP contribution in [0.4, 0.5) is 11.5 Å². The fourth-order valence-corrected chi connectivity index (χ4v) is 5.02. The van der Waals surface area contributed by atoms with E-state index in [1.165, 1.54) is 4.57 Å². The lowest BCUT2D eigenvalue weighted by atomic mass is 10.2. The van der Waals surface area contributed by atoms with E-state index in [0.29, 0.717) is 37.6 Å². The maximum Gasteiger partial charge on any atom is 0.332 e. The zero-order valence-corrected chi connectivity index (χ0v) is 22.9. The molecule has 4 heterocycles. The molecule has 2 aromatic rings. The van der Waals surface area contributed by atoms with E-state index in [1.54, 1.807) is 4.57 Å². The third kappa shape index (κ3) is 5.67. The zero-order valence-electron chi connectivity index (χ0n) is 22.9. The maximum absolute atomic E-state index is 13.6. The van der Waals surface area contributed by atoms with E-state index < -0.39 is 0 Å². The van der Waals surface area contributed by atoms with Gasteiger partial charge in [0.05, 0.1) is 18.8 Å². The smallest absolute Gasteiger partial charge is 0.332 e. The molecule has 5 rings (SSSR count). The van der Waals surface area contributed by atoms with E-state index in [1.807, 2.05) is 35.8 Å². The molecule has 0 spiro atoms.